The summed E-state index contributed by atoms with van der Waals surface area (Å²) in [7, 11) is 0. The predicted octanol–water partition coefficient (Wildman–Crippen LogP) is 3.97. The average molecular weight is 468 g/mol. The number of hydrogen-bond donors (Lipinski definition) is 2. The van der Waals surface area contributed by atoms with E-state index in [4.69, 9.17) is 0 Å². The van der Waals surface area contributed by atoms with E-state index in [1.807, 2.05) is 0 Å². The number of imide groups is 1. The summed E-state index contributed by atoms with van der Waals surface area (Å²) in [5.41, 5.74) is 0.219. The summed E-state index contributed by atoms with van der Waals surface area (Å²) in [6.07, 6.45) is -6.17. The topological polar surface area (TPSA) is 86.7 Å². The lowest BCUT2D eigenvalue weighted by molar-refractivity contribution is -0.139. The molecule has 3 amide bonds. The number of amides is 3. The smallest absolute Gasteiger partial charge is 0.387 e. The first-order chi connectivity index (χ1) is 16.2. The van der Waals surface area contributed by atoms with Gasteiger partial charge in [0.05, 0.1) is 29.3 Å². The fourth-order valence-electron chi connectivity index (χ4n) is 3.77. The van der Waals surface area contributed by atoms with E-state index in [9.17, 15) is 32.7 Å². The maximum Gasteiger partial charge on any atom is 0.416 e. The Morgan fingerprint density at radius 3 is 2.03 bits per heavy atom. The number of fused-ring (bicyclic) bond motifs is 1. The van der Waals surface area contributed by atoms with Gasteiger partial charge in [-0.2, -0.15) is 13.2 Å². The van der Waals surface area contributed by atoms with Crippen LogP contribution in [0.4, 0.5) is 13.2 Å². The number of carbonyl (C=O) groups is 3. The summed E-state index contributed by atoms with van der Waals surface area (Å²) in [4.78, 5) is 38.5. The number of benzene rings is 3. The van der Waals surface area contributed by atoms with E-state index in [-0.39, 0.29) is 17.7 Å². The van der Waals surface area contributed by atoms with E-state index in [0.717, 1.165) is 17.0 Å². The van der Waals surface area contributed by atoms with Crippen LogP contribution < -0.4 is 5.32 Å². The number of alkyl halides is 3. The SMILES string of the molecule is O=C(NCC(O)c1ccccc1C(F)(F)F)c1ccc(CN2C(=O)c3ccccc3C2=O)cc1. The Morgan fingerprint density at radius 1 is 0.882 bits per heavy atom. The van der Waals surface area contributed by atoms with Gasteiger partial charge in [-0.1, -0.05) is 42.5 Å². The highest BCUT2D eigenvalue weighted by Crippen LogP contribution is 2.34. The van der Waals surface area contributed by atoms with Gasteiger partial charge in [0.25, 0.3) is 17.7 Å². The van der Waals surface area contributed by atoms with Gasteiger partial charge in [-0.05, 0) is 41.5 Å². The van der Waals surface area contributed by atoms with Crippen LogP contribution in [0.2, 0.25) is 0 Å². The maximum absolute atomic E-state index is 13.1. The second kappa shape index (κ2) is 9.11. The molecule has 1 heterocycles. The number of nitrogens with one attached hydrogen (secondary N) is 1. The van der Waals surface area contributed by atoms with Crippen LogP contribution in [-0.2, 0) is 12.7 Å². The van der Waals surface area contributed by atoms with E-state index in [0.29, 0.717) is 16.7 Å². The second-order valence-electron chi connectivity index (χ2n) is 7.75. The van der Waals surface area contributed by atoms with Crippen LogP contribution in [0.1, 0.15) is 53.9 Å². The van der Waals surface area contributed by atoms with Gasteiger partial charge < -0.3 is 10.4 Å². The Hall–Kier alpha value is -3.98. The third kappa shape index (κ3) is 4.55. The lowest BCUT2D eigenvalue weighted by Crippen LogP contribution is -2.30. The van der Waals surface area contributed by atoms with Crippen LogP contribution in [-0.4, -0.2) is 34.3 Å². The molecule has 174 valence electrons. The molecule has 0 aromatic heterocycles. The molecule has 0 fully saturated rings. The van der Waals surface area contributed by atoms with E-state index in [1.54, 1.807) is 36.4 Å². The Morgan fingerprint density at radius 2 is 1.44 bits per heavy atom. The molecule has 0 saturated heterocycles. The molecule has 3 aromatic rings. The predicted molar refractivity (Wildman–Crippen MR) is 116 cm³/mol. The summed E-state index contributed by atoms with van der Waals surface area (Å²) >= 11 is 0. The second-order valence-corrected chi connectivity index (χ2v) is 7.75. The number of hydrogen-bond acceptors (Lipinski definition) is 4. The summed E-state index contributed by atoms with van der Waals surface area (Å²) in [5.74, 6) is -1.37. The van der Waals surface area contributed by atoms with Crippen LogP contribution in [0, 0.1) is 0 Å². The quantitative estimate of drug-likeness (QED) is 0.536. The molecule has 4 rings (SSSR count). The van der Waals surface area contributed by atoms with E-state index in [2.05, 4.69) is 5.32 Å². The Bertz CT molecular complexity index is 1220. The first-order valence-electron chi connectivity index (χ1n) is 10.3. The van der Waals surface area contributed by atoms with E-state index < -0.39 is 42.1 Å². The van der Waals surface area contributed by atoms with Crippen molar-refractivity contribution in [1.82, 2.24) is 10.2 Å². The molecule has 2 N–H and O–H groups in total. The van der Waals surface area contributed by atoms with Gasteiger partial charge in [-0.15, -0.1) is 0 Å². The van der Waals surface area contributed by atoms with Gasteiger partial charge in [0.2, 0.25) is 0 Å². The number of rotatable bonds is 6. The van der Waals surface area contributed by atoms with Crippen molar-refractivity contribution in [1.29, 1.82) is 0 Å². The highest BCUT2D eigenvalue weighted by molar-refractivity contribution is 6.21. The zero-order valence-electron chi connectivity index (χ0n) is 17.7. The first kappa shape index (κ1) is 23.2. The van der Waals surface area contributed by atoms with Gasteiger partial charge in [0.1, 0.15) is 0 Å². The summed E-state index contributed by atoms with van der Waals surface area (Å²) in [5, 5.41) is 12.6. The van der Waals surface area contributed by atoms with Crippen molar-refractivity contribution in [2.75, 3.05) is 6.54 Å². The van der Waals surface area contributed by atoms with Crippen molar-refractivity contribution < 1.29 is 32.7 Å². The zero-order valence-corrected chi connectivity index (χ0v) is 17.7. The first-order valence-corrected chi connectivity index (χ1v) is 10.3. The van der Waals surface area contributed by atoms with Crippen LogP contribution in [0.15, 0.2) is 72.8 Å². The number of nitrogens with zero attached hydrogens (tertiary/aromatic N) is 1. The summed E-state index contributed by atoms with van der Waals surface area (Å²) < 4.78 is 39.4. The molecular formula is C25H19F3N2O4. The van der Waals surface area contributed by atoms with Gasteiger partial charge in [0, 0.05) is 12.1 Å². The van der Waals surface area contributed by atoms with Crippen LogP contribution in [0.3, 0.4) is 0 Å². The number of carbonyl (C=O) groups excluding carboxylic acids is 3. The highest BCUT2D eigenvalue weighted by atomic mass is 19.4. The van der Waals surface area contributed by atoms with Gasteiger partial charge in [-0.3, -0.25) is 19.3 Å². The van der Waals surface area contributed by atoms with E-state index in [1.165, 1.54) is 24.3 Å². The largest absolute Gasteiger partial charge is 0.416 e. The Kier molecular flexibility index (Phi) is 6.21. The molecule has 1 atom stereocenters. The average Bonchev–Trinajstić information content (AvgIpc) is 3.07. The van der Waals surface area contributed by atoms with Gasteiger partial charge in [-0.25, -0.2) is 0 Å². The molecule has 1 aliphatic rings. The molecule has 3 aromatic carbocycles. The van der Waals surface area contributed by atoms with E-state index >= 15 is 0 Å². The third-order valence-electron chi connectivity index (χ3n) is 5.52. The Balaban J connectivity index is 1.38. The van der Waals surface area contributed by atoms with Crippen molar-refractivity contribution in [2.24, 2.45) is 0 Å². The van der Waals surface area contributed by atoms with Crippen molar-refractivity contribution >= 4 is 17.7 Å². The fraction of sp³-hybridized carbons (Fsp3) is 0.160. The molecule has 1 aliphatic heterocycles. The monoisotopic (exact) mass is 468 g/mol. The summed E-state index contributed by atoms with van der Waals surface area (Å²) in [6.45, 7) is -0.385. The van der Waals surface area contributed by atoms with Crippen molar-refractivity contribution in [3.05, 3.63) is 106 Å². The molecule has 0 bridgehead atoms. The molecule has 34 heavy (non-hydrogen) atoms. The van der Waals surface area contributed by atoms with Crippen molar-refractivity contribution in [3.63, 3.8) is 0 Å². The molecular weight excluding hydrogens is 449 g/mol. The molecule has 0 aliphatic carbocycles. The molecule has 1 unspecified atom stereocenters. The molecule has 0 radical (unpaired) electrons. The minimum absolute atomic E-state index is 0.0290. The number of halogens is 3. The van der Waals surface area contributed by atoms with Crippen LogP contribution in [0.25, 0.3) is 0 Å². The van der Waals surface area contributed by atoms with Crippen molar-refractivity contribution in [3.8, 4) is 0 Å². The minimum atomic E-state index is -4.63. The Labute approximate surface area is 192 Å². The lowest BCUT2D eigenvalue weighted by atomic mass is 10.0. The number of aliphatic hydroxyl groups excluding tert-OH is 1. The molecule has 9 heteroatoms. The van der Waals surface area contributed by atoms with Gasteiger partial charge >= 0.3 is 6.18 Å². The fourth-order valence-corrected chi connectivity index (χ4v) is 3.77. The lowest BCUT2D eigenvalue weighted by Gasteiger charge is -2.18. The minimum Gasteiger partial charge on any atom is -0.387 e. The molecule has 0 saturated carbocycles. The standard InChI is InChI=1S/C25H19F3N2O4/c26-25(27,28)20-8-4-3-7-19(20)21(31)13-29-22(32)16-11-9-15(10-12-16)14-30-23(33)17-5-1-2-6-18(17)24(30)34/h1-12,21,31H,13-14H2,(H,29,32). The van der Waals surface area contributed by atoms with Crippen LogP contribution in [0.5, 0.6) is 0 Å². The molecule has 0 spiro atoms. The third-order valence-corrected chi connectivity index (χ3v) is 5.52. The maximum atomic E-state index is 13.1. The highest BCUT2D eigenvalue weighted by Gasteiger charge is 2.35. The normalized spacial score (nSPS) is 14.2. The number of aliphatic hydroxyl groups is 1. The van der Waals surface area contributed by atoms with Gasteiger partial charge in [0.15, 0.2) is 0 Å². The summed E-state index contributed by atoms with van der Waals surface area (Å²) in [6, 6.07) is 17.3. The van der Waals surface area contributed by atoms with Crippen LogP contribution >= 0.6 is 0 Å². The molecule has 6 nitrogen and oxygen atoms in total. The van der Waals surface area contributed by atoms with Crippen molar-refractivity contribution in [2.45, 2.75) is 18.8 Å². The zero-order chi connectivity index (χ0) is 24.5.